The summed E-state index contributed by atoms with van der Waals surface area (Å²) in [6, 6.07) is 5.75. The van der Waals surface area contributed by atoms with Gasteiger partial charge in [-0.15, -0.1) is 0 Å². The highest BCUT2D eigenvalue weighted by Gasteiger charge is 2.12. The normalized spacial score (nSPS) is 11.0. The minimum absolute atomic E-state index is 0.152. The highest BCUT2D eigenvalue weighted by atomic mass is 35.5. The molecule has 1 aromatic heterocycles. The molecular formula is C13H14ClNO2. The van der Waals surface area contributed by atoms with Crippen molar-refractivity contribution in [2.24, 2.45) is 7.05 Å². The number of carbonyl (C=O) groups is 1. The maximum absolute atomic E-state index is 10.6. The molecule has 2 rings (SSSR count). The average molecular weight is 252 g/mol. The van der Waals surface area contributed by atoms with E-state index in [0.29, 0.717) is 11.4 Å². The molecule has 90 valence electrons. The fourth-order valence-corrected chi connectivity index (χ4v) is 2.41. The lowest BCUT2D eigenvalue weighted by molar-refractivity contribution is -0.136. The number of aryl methyl sites for hydroxylation is 2. The Labute approximate surface area is 105 Å². The number of hydrogen-bond donors (Lipinski definition) is 1. The first kappa shape index (κ1) is 12.0. The number of hydrogen-bond acceptors (Lipinski definition) is 1. The first-order valence-corrected chi connectivity index (χ1v) is 5.83. The molecule has 1 heterocycles. The van der Waals surface area contributed by atoms with Crippen molar-refractivity contribution in [3.05, 3.63) is 34.5 Å². The van der Waals surface area contributed by atoms with E-state index in [1.165, 1.54) is 0 Å². The Morgan fingerprint density at radius 1 is 1.47 bits per heavy atom. The fourth-order valence-electron chi connectivity index (χ4n) is 2.23. The van der Waals surface area contributed by atoms with Crippen LogP contribution in [0.5, 0.6) is 0 Å². The lowest BCUT2D eigenvalue weighted by Gasteiger charge is -2.03. The van der Waals surface area contributed by atoms with E-state index in [2.05, 4.69) is 0 Å². The van der Waals surface area contributed by atoms with Gasteiger partial charge in [0.15, 0.2) is 0 Å². The third kappa shape index (κ3) is 2.15. The zero-order chi connectivity index (χ0) is 12.6. The number of nitrogens with zero attached hydrogens (tertiary/aromatic N) is 1. The zero-order valence-electron chi connectivity index (χ0n) is 9.83. The topological polar surface area (TPSA) is 42.2 Å². The molecule has 4 heteroatoms. The van der Waals surface area contributed by atoms with Gasteiger partial charge in [-0.1, -0.05) is 11.6 Å². The van der Waals surface area contributed by atoms with Crippen LogP contribution in [0.25, 0.3) is 10.9 Å². The Bertz CT molecular complexity index is 587. The Hall–Kier alpha value is -1.48. The molecule has 17 heavy (non-hydrogen) atoms. The summed E-state index contributed by atoms with van der Waals surface area (Å²) in [6.45, 7) is 2.01. The molecule has 0 radical (unpaired) electrons. The van der Waals surface area contributed by atoms with Crippen molar-refractivity contribution in [1.82, 2.24) is 4.57 Å². The number of fused-ring (bicyclic) bond motifs is 1. The lowest BCUT2D eigenvalue weighted by Crippen LogP contribution is -2.03. The fraction of sp³-hybridized carbons (Fsp3) is 0.308. The van der Waals surface area contributed by atoms with Crippen LogP contribution in [0.1, 0.15) is 17.7 Å². The molecule has 0 aliphatic heterocycles. The van der Waals surface area contributed by atoms with Crippen molar-refractivity contribution in [3.63, 3.8) is 0 Å². The molecule has 0 atom stereocenters. The van der Waals surface area contributed by atoms with Gasteiger partial charge in [0.2, 0.25) is 0 Å². The van der Waals surface area contributed by atoms with Crippen molar-refractivity contribution in [2.75, 3.05) is 0 Å². The Morgan fingerprint density at radius 3 is 2.82 bits per heavy atom. The van der Waals surface area contributed by atoms with E-state index < -0.39 is 5.97 Å². The van der Waals surface area contributed by atoms with Crippen LogP contribution in [-0.2, 0) is 18.3 Å². The summed E-state index contributed by atoms with van der Waals surface area (Å²) in [5, 5.41) is 10.5. The van der Waals surface area contributed by atoms with E-state index in [-0.39, 0.29) is 6.42 Å². The predicted molar refractivity (Wildman–Crippen MR) is 68.6 cm³/mol. The van der Waals surface area contributed by atoms with Gasteiger partial charge < -0.3 is 9.67 Å². The van der Waals surface area contributed by atoms with Crippen LogP contribution in [0, 0.1) is 6.92 Å². The second kappa shape index (κ2) is 4.41. The van der Waals surface area contributed by atoms with E-state index in [9.17, 15) is 4.79 Å². The Morgan fingerprint density at radius 2 is 2.18 bits per heavy atom. The Balaban J connectivity index is 2.52. The van der Waals surface area contributed by atoms with Crippen LogP contribution in [0.15, 0.2) is 18.2 Å². The summed E-state index contributed by atoms with van der Waals surface area (Å²) in [5.41, 5.74) is 3.27. The average Bonchev–Trinajstić information content (AvgIpc) is 2.49. The highest BCUT2D eigenvalue weighted by Crippen LogP contribution is 2.28. The van der Waals surface area contributed by atoms with Gasteiger partial charge in [0.05, 0.1) is 6.42 Å². The molecule has 0 fully saturated rings. The SMILES string of the molecule is Cc1c(CCC(=O)O)n(C)c2ccc(Cl)cc12. The number of carboxylic acid groups (broad SMARTS) is 1. The van der Waals surface area contributed by atoms with Crippen molar-refractivity contribution in [3.8, 4) is 0 Å². The van der Waals surface area contributed by atoms with Crippen LogP contribution in [0.3, 0.4) is 0 Å². The highest BCUT2D eigenvalue weighted by molar-refractivity contribution is 6.31. The van der Waals surface area contributed by atoms with Gasteiger partial charge >= 0.3 is 5.97 Å². The maximum Gasteiger partial charge on any atom is 0.303 e. The standard InChI is InChI=1S/C13H14ClNO2/c1-8-10-7-9(14)3-4-12(10)15(2)11(8)5-6-13(16)17/h3-4,7H,5-6H2,1-2H3,(H,16,17). The summed E-state index contributed by atoms with van der Waals surface area (Å²) in [5.74, 6) is -0.771. The van der Waals surface area contributed by atoms with Crippen molar-refractivity contribution in [1.29, 1.82) is 0 Å². The number of aromatic nitrogens is 1. The second-order valence-electron chi connectivity index (χ2n) is 4.19. The molecular weight excluding hydrogens is 238 g/mol. The molecule has 3 nitrogen and oxygen atoms in total. The van der Waals surface area contributed by atoms with Gasteiger partial charge in [-0.25, -0.2) is 0 Å². The minimum Gasteiger partial charge on any atom is -0.481 e. The second-order valence-corrected chi connectivity index (χ2v) is 4.62. The number of halogens is 1. The van der Waals surface area contributed by atoms with Gasteiger partial charge in [0, 0.05) is 28.7 Å². The predicted octanol–water partition coefficient (Wildman–Crippen LogP) is 3.16. The van der Waals surface area contributed by atoms with Crippen LogP contribution in [-0.4, -0.2) is 15.6 Å². The van der Waals surface area contributed by atoms with Crippen LogP contribution >= 0.6 is 11.6 Å². The van der Waals surface area contributed by atoms with Gasteiger partial charge in [-0.05, 0) is 37.1 Å². The molecule has 1 aromatic carbocycles. The van der Waals surface area contributed by atoms with Gasteiger partial charge in [0.25, 0.3) is 0 Å². The summed E-state index contributed by atoms with van der Waals surface area (Å²) >= 11 is 5.98. The van der Waals surface area contributed by atoms with E-state index in [0.717, 1.165) is 22.2 Å². The quantitative estimate of drug-likeness (QED) is 0.911. The summed E-state index contributed by atoms with van der Waals surface area (Å²) in [6.07, 6.45) is 0.697. The third-order valence-electron chi connectivity index (χ3n) is 3.14. The van der Waals surface area contributed by atoms with E-state index >= 15 is 0 Å². The molecule has 2 aromatic rings. The molecule has 0 aliphatic rings. The van der Waals surface area contributed by atoms with Crippen molar-refractivity contribution < 1.29 is 9.90 Å². The smallest absolute Gasteiger partial charge is 0.303 e. The number of carboxylic acids is 1. The van der Waals surface area contributed by atoms with E-state index in [1.54, 1.807) is 0 Å². The molecule has 0 spiro atoms. The maximum atomic E-state index is 10.6. The molecule has 1 N–H and O–H groups in total. The van der Waals surface area contributed by atoms with E-state index in [1.807, 2.05) is 36.7 Å². The van der Waals surface area contributed by atoms with Gasteiger partial charge in [-0.2, -0.15) is 0 Å². The molecule has 0 unspecified atom stereocenters. The van der Waals surface area contributed by atoms with Gasteiger partial charge in [0.1, 0.15) is 0 Å². The van der Waals surface area contributed by atoms with Crippen LogP contribution in [0.2, 0.25) is 5.02 Å². The summed E-state index contributed by atoms with van der Waals surface area (Å²) < 4.78 is 2.05. The molecule has 0 amide bonds. The number of aliphatic carboxylic acids is 1. The minimum atomic E-state index is -0.771. The third-order valence-corrected chi connectivity index (χ3v) is 3.37. The summed E-state index contributed by atoms with van der Waals surface area (Å²) in [4.78, 5) is 10.6. The monoisotopic (exact) mass is 251 g/mol. The largest absolute Gasteiger partial charge is 0.481 e. The molecule has 0 saturated carbocycles. The number of benzene rings is 1. The number of rotatable bonds is 3. The Kier molecular flexibility index (Phi) is 3.11. The molecule has 0 saturated heterocycles. The first-order chi connectivity index (χ1) is 8.00. The molecule has 0 aliphatic carbocycles. The first-order valence-electron chi connectivity index (χ1n) is 5.46. The zero-order valence-corrected chi connectivity index (χ0v) is 10.6. The van der Waals surface area contributed by atoms with E-state index in [4.69, 9.17) is 16.7 Å². The lowest BCUT2D eigenvalue weighted by atomic mass is 10.1. The van der Waals surface area contributed by atoms with Crippen molar-refractivity contribution in [2.45, 2.75) is 19.8 Å². The van der Waals surface area contributed by atoms with Crippen molar-refractivity contribution >= 4 is 28.5 Å². The van der Waals surface area contributed by atoms with Crippen LogP contribution < -0.4 is 0 Å². The van der Waals surface area contributed by atoms with Gasteiger partial charge in [-0.3, -0.25) is 4.79 Å². The van der Waals surface area contributed by atoms with Crippen LogP contribution in [0.4, 0.5) is 0 Å². The molecule has 0 bridgehead atoms. The summed E-state index contributed by atoms with van der Waals surface area (Å²) in [7, 11) is 1.96.